The SMILES string of the molecule is N#C/C(NN)=C(/N)c1ccc(OCc2ccccc2)c(OCc2ccccc2)c1. The third-order valence-electron chi connectivity index (χ3n) is 4.25. The number of nitriles is 1. The van der Waals surface area contributed by atoms with E-state index in [-0.39, 0.29) is 11.4 Å². The predicted octanol–water partition coefficient (Wildman–Crippen LogP) is 3.46. The lowest BCUT2D eigenvalue weighted by Crippen LogP contribution is -2.23. The molecule has 0 aliphatic heterocycles. The molecule has 146 valence electrons. The molecular formula is C23H22N4O2. The van der Waals surface area contributed by atoms with E-state index in [1.165, 1.54) is 0 Å². The highest BCUT2D eigenvalue weighted by Crippen LogP contribution is 2.32. The molecule has 0 unspecified atom stereocenters. The van der Waals surface area contributed by atoms with Crippen molar-refractivity contribution in [3.8, 4) is 17.6 Å². The molecule has 6 nitrogen and oxygen atoms in total. The maximum Gasteiger partial charge on any atom is 0.162 e. The molecule has 0 aliphatic rings. The Morgan fingerprint density at radius 1 is 0.828 bits per heavy atom. The fraction of sp³-hybridized carbons (Fsp3) is 0.0870. The fourth-order valence-electron chi connectivity index (χ4n) is 2.69. The Hall–Kier alpha value is -3.95. The zero-order valence-electron chi connectivity index (χ0n) is 15.8. The second-order valence-corrected chi connectivity index (χ2v) is 6.25. The fourth-order valence-corrected chi connectivity index (χ4v) is 2.69. The van der Waals surface area contributed by atoms with Gasteiger partial charge in [0.1, 0.15) is 19.3 Å². The van der Waals surface area contributed by atoms with Gasteiger partial charge >= 0.3 is 0 Å². The normalized spacial score (nSPS) is 11.2. The standard InChI is InChI=1S/C23H22N4O2/c24-14-20(27-26)23(25)19-11-12-21(28-15-17-7-3-1-4-8-17)22(13-19)29-16-18-9-5-2-6-10-18/h1-13,27H,15-16,25-26H2/b23-20-. The summed E-state index contributed by atoms with van der Waals surface area (Å²) in [6, 6.07) is 26.9. The maximum atomic E-state index is 9.16. The van der Waals surface area contributed by atoms with Crippen LogP contribution in [0.3, 0.4) is 0 Å². The molecule has 0 fully saturated rings. The number of ether oxygens (including phenoxy) is 2. The van der Waals surface area contributed by atoms with Gasteiger partial charge in [0.15, 0.2) is 17.2 Å². The third kappa shape index (κ3) is 5.28. The van der Waals surface area contributed by atoms with Crippen LogP contribution in [0.15, 0.2) is 84.6 Å². The van der Waals surface area contributed by atoms with Crippen LogP contribution in [0.2, 0.25) is 0 Å². The number of benzene rings is 3. The Morgan fingerprint density at radius 2 is 1.38 bits per heavy atom. The van der Waals surface area contributed by atoms with Crippen molar-refractivity contribution >= 4 is 5.70 Å². The molecule has 29 heavy (non-hydrogen) atoms. The minimum Gasteiger partial charge on any atom is -0.485 e. The zero-order valence-corrected chi connectivity index (χ0v) is 15.8. The van der Waals surface area contributed by atoms with Crippen molar-refractivity contribution in [3.05, 3.63) is 101 Å². The van der Waals surface area contributed by atoms with E-state index >= 15 is 0 Å². The first kappa shape index (κ1) is 19.8. The molecule has 0 aromatic heterocycles. The molecule has 0 heterocycles. The number of hydrazine groups is 1. The average molecular weight is 386 g/mol. The molecule has 5 N–H and O–H groups in total. The van der Waals surface area contributed by atoms with Crippen LogP contribution in [0, 0.1) is 11.3 Å². The summed E-state index contributed by atoms with van der Waals surface area (Å²) in [4.78, 5) is 0. The van der Waals surface area contributed by atoms with Crippen molar-refractivity contribution in [2.75, 3.05) is 0 Å². The van der Waals surface area contributed by atoms with Crippen LogP contribution in [0.25, 0.3) is 5.70 Å². The van der Waals surface area contributed by atoms with Crippen molar-refractivity contribution < 1.29 is 9.47 Å². The largest absolute Gasteiger partial charge is 0.485 e. The quantitative estimate of drug-likeness (QED) is 0.311. The van der Waals surface area contributed by atoms with Crippen LogP contribution in [0.1, 0.15) is 16.7 Å². The van der Waals surface area contributed by atoms with E-state index in [0.29, 0.717) is 30.3 Å². The molecule has 0 amide bonds. The van der Waals surface area contributed by atoms with E-state index in [0.717, 1.165) is 11.1 Å². The highest BCUT2D eigenvalue weighted by Gasteiger charge is 2.12. The molecule has 0 saturated carbocycles. The molecule has 0 aliphatic carbocycles. The smallest absolute Gasteiger partial charge is 0.162 e. The first-order chi connectivity index (χ1) is 14.2. The van der Waals surface area contributed by atoms with Crippen LogP contribution in [0.4, 0.5) is 0 Å². The Balaban J connectivity index is 1.87. The van der Waals surface area contributed by atoms with E-state index in [2.05, 4.69) is 5.43 Å². The predicted molar refractivity (Wildman–Crippen MR) is 112 cm³/mol. The first-order valence-corrected chi connectivity index (χ1v) is 9.05. The van der Waals surface area contributed by atoms with E-state index in [1.54, 1.807) is 18.2 Å². The van der Waals surface area contributed by atoms with Gasteiger partial charge in [-0.3, -0.25) is 0 Å². The summed E-state index contributed by atoms with van der Waals surface area (Å²) < 4.78 is 12.0. The average Bonchev–Trinajstić information content (AvgIpc) is 2.78. The zero-order chi connectivity index (χ0) is 20.5. The number of hydrogen-bond donors (Lipinski definition) is 3. The molecule has 3 rings (SSSR count). The highest BCUT2D eigenvalue weighted by atomic mass is 16.5. The minimum atomic E-state index is 0.0805. The Labute approximate surface area is 170 Å². The molecule has 3 aromatic carbocycles. The summed E-state index contributed by atoms with van der Waals surface area (Å²) in [5, 5.41) is 9.16. The van der Waals surface area contributed by atoms with Gasteiger partial charge in [-0.05, 0) is 29.3 Å². The highest BCUT2D eigenvalue weighted by molar-refractivity contribution is 5.70. The molecule has 6 heteroatoms. The lowest BCUT2D eigenvalue weighted by atomic mass is 10.1. The summed E-state index contributed by atoms with van der Waals surface area (Å²) in [5.41, 5.74) is 11.4. The van der Waals surface area contributed by atoms with Crippen LogP contribution in [-0.4, -0.2) is 0 Å². The minimum absolute atomic E-state index is 0.0805. The van der Waals surface area contributed by atoms with Gasteiger partial charge < -0.3 is 20.6 Å². The number of nitrogens with zero attached hydrogens (tertiary/aromatic N) is 1. The van der Waals surface area contributed by atoms with Gasteiger partial charge in [-0.1, -0.05) is 60.7 Å². The summed E-state index contributed by atoms with van der Waals surface area (Å²) in [5.74, 6) is 6.48. The van der Waals surface area contributed by atoms with Crippen LogP contribution < -0.4 is 26.5 Å². The van der Waals surface area contributed by atoms with Crippen LogP contribution >= 0.6 is 0 Å². The van der Waals surface area contributed by atoms with Crippen LogP contribution in [0.5, 0.6) is 11.5 Å². The number of rotatable bonds is 8. The lowest BCUT2D eigenvalue weighted by molar-refractivity contribution is 0.256. The number of nitrogens with one attached hydrogen (secondary N) is 1. The monoisotopic (exact) mass is 386 g/mol. The molecule has 0 atom stereocenters. The van der Waals surface area contributed by atoms with E-state index < -0.39 is 0 Å². The summed E-state index contributed by atoms with van der Waals surface area (Å²) >= 11 is 0. The summed E-state index contributed by atoms with van der Waals surface area (Å²) in [7, 11) is 0. The van der Waals surface area contributed by atoms with Gasteiger partial charge in [0.2, 0.25) is 0 Å². The van der Waals surface area contributed by atoms with Crippen molar-refractivity contribution in [3.63, 3.8) is 0 Å². The van der Waals surface area contributed by atoms with E-state index in [1.807, 2.05) is 66.7 Å². The van der Waals surface area contributed by atoms with E-state index in [4.69, 9.17) is 26.3 Å². The first-order valence-electron chi connectivity index (χ1n) is 9.05. The van der Waals surface area contributed by atoms with Crippen molar-refractivity contribution in [1.82, 2.24) is 5.43 Å². The molecular weight excluding hydrogens is 364 g/mol. The Kier molecular flexibility index (Phi) is 6.71. The molecule has 3 aromatic rings. The summed E-state index contributed by atoms with van der Waals surface area (Å²) in [6.45, 7) is 0.775. The van der Waals surface area contributed by atoms with Gasteiger partial charge in [0.05, 0.1) is 5.70 Å². The van der Waals surface area contributed by atoms with Crippen molar-refractivity contribution in [1.29, 1.82) is 5.26 Å². The lowest BCUT2D eigenvalue weighted by Gasteiger charge is -2.15. The molecule has 0 spiro atoms. The second kappa shape index (κ2) is 9.83. The van der Waals surface area contributed by atoms with Crippen LogP contribution in [-0.2, 0) is 13.2 Å². The third-order valence-corrected chi connectivity index (χ3v) is 4.25. The molecule has 0 radical (unpaired) electrons. The van der Waals surface area contributed by atoms with Gasteiger partial charge in [-0.15, -0.1) is 0 Å². The number of allylic oxidation sites excluding steroid dienone is 1. The van der Waals surface area contributed by atoms with Gasteiger partial charge in [0, 0.05) is 5.56 Å². The van der Waals surface area contributed by atoms with Gasteiger partial charge in [-0.2, -0.15) is 5.26 Å². The van der Waals surface area contributed by atoms with Gasteiger partial charge in [-0.25, -0.2) is 5.84 Å². The van der Waals surface area contributed by atoms with Crippen molar-refractivity contribution in [2.45, 2.75) is 13.2 Å². The molecule has 0 bridgehead atoms. The number of nitrogens with two attached hydrogens (primary N) is 2. The maximum absolute atomic E-state index is 9.16. The topological polar surface area (TPSA) is 106 Å². The Morgan fingerprint density at radius 3 is 1.90 bits per heavy atom. The number of hydrogen-bond acceptors (Lipinski definition) is 6. The van der Waals surface area contributed by atoms with Crippen molar-refractivity contribution in [2.24, 2.45) is 11.6 Å². The summed E-state index contributed by atoms with van der Waals surface area (Å²) in [6.07, 6.45) is 0. The Bertz CT molecular complexity index is 1010. The second-order valence-electron chi connectivity index (χ2n) is 6.25. The molecule has 0 saturated heterocycles. The van der Waals surface area contributed by atoms with Gasteiger partial charge in [0.25, 0.3) is 0 Å². The van der Waals surface area contributed by atoms with E-state index in [9.17, 15) is 0 Å².